The Labute approximate surface area is 679 Å². The second-order valence-electron chi connectivity index (χ2n) is 30.7. The Hall–Kier alpha value is -6.65. The summed E-state index contributed by atoms with van der Waals surface area (Å²) < 4.78 is 71.9. The minimum Gasteiger partial charge on any atom is -0.493 e. The van der Waals surface area contributed by atoms with Crippen LogP contribution < -0.4 is 47.0 Å². The number of oxime groups is 3. The van der Waals surface area contributed by atoms with Gasteiger partial charge in [0.1, 0.15) is 103 Å². The summed E-state index contributed by atoms with van der Waals surface area (Å²) >= 11 is 4.29. The number of carbonyl (C=O) groups excluding carboxylic acids is 3. The number of phosphoric ester groups is 1. The average Bonchev–Trinajstić information content (AvgIpc) is 1.70. The first-order valence-corrected chi connectivity index (χ1v) is 45.7. The van der Waals surface area contributed by atoms with E-state index in [0.29, 0.717) is 193 Å². The monoisotopic (exact) mass is 1690 g/mol. The number of ether oxygens (including phenoxy) is 3. The molecule has 6 N–H and O–H groups in total. The molecule has 0 spiro atoms. The number of carbonyl (C=O) groups is 3. The van der Waals surface area contributed by atoms with Crippen LogP contribution in [-0.4, -0.2) is 170 Å². The highest BCUT2D eigenvalue weighted by Gasteiger charge is 2.44. The molecule has 0 aromatic carbocycles. The number of aliphatic imine (C=N–C) groups is 3. The lowest BCUT2D eigenvalue weighted by Crippen LogP contribution is -2.45. The number of aliphatic hydroxyl groups is 1. The van der Waals surface area contributed by atoms with Gasteiger partial charge in [-0.2, -0.15) is 0 Å². The Balaban J connectivity index is 0.000000238. The van der Waals surface area contributed by atoms with Gasteiger partial charge in [0, 0.05) is 48.7 Å². The Morgan fingerprint density at radius 1 is 0.518 bits per heavy atom. The van der Waals surface area contributed by atoms with Crippen LogP contribution in [0.3, 0.4) is 0 Å². The van der Waals surface area contributed by atoms with E-state index in [1.807, 2.05) is 41.5 Å². The maximum Gasteiger partial charge on any atom is 0.469 e. The minimum absolute atomic E-state index is 0.0768. The van der Waals surface area contributed by atoms with Crippen molar-refractivity contribution in [2.75, 3.05) is 83.4 Å². The van der Waals surface area contributed by atoms with E-state index in [0.717, 1.165) is 64.2 Å². The molecular weight excluding hydrogens is 1580 g/mol. The zero-order valence-electron chi connectivity index (χ0n) is 68.0. The fourth-order valence-corrected chi connectivity index (χ4v) is 16.3. The first-order chi connectivity index (χ1) is 54.0. The van der Waals surface area contributed by atoms with Gasteiger partial charge in [-0.1, -0.05) is 55.5 Å². The number of nitrogens with one attached hydrogen (secondary N) is 3. The van der Waals surface area contributed by atoms with Gasteiger partial charge < -0.3 is 81.9 Å². The van der Waals surface area contributed by atoms with Crippen molar-refractivity contribution in [3.05, 3.63) is 84.9 Å². The van der Waals surface area contributed by atoms with Crippen molar-refractivity contribution in [1.82, 2.24) is 16.0 Å². The molecule has 3 aliphatic carbocycles. The van der Waals surface area contributed by atoms with Gasteiger partial charge in [-0.05, 0) is 176 Å². The van der Waals surface area contributed by atoms with E-state index >= 15 is 0 Å². The first kappa shape index (κ1) is 94.5. The molecule has 32 nitrogen and oxygen atoms in total. The molecule has 6 aliphatic rings. The van der Waals surface area contributed by atoms with E-state index in [4.69, 9.17) is 65.9 Å². The Bertz CT molecular complexity index is 4150. The van der Waals surface area contributed by atoms with Crippen molar-refractivity contribution >= 4 is 101 Å². The van der Waals surface area contributed by atoms with Crippen LogP contribution in [0.5, 0.6) is 17.2 Å². The number of amides is 3. The molecule has 7 atom stereocenters. The highest BCUT2D eigenvalue weighted by atomic mass is 32.2. The van der Waals surface area contributed by atoms with Gasteiger partial charge in [-0.3, -0.25) is 38.4 Å². The summed E-state index contributed by atoms with van der Waals surface area (Å²) in [6.07, 6.45) is 14.6. The zero-order chi connectivity index (χ0) is 83.3. The summed E-state index contributed by atoms with van der Waals surface area (Å²) in [6, 6.07) is 7.65. The van der Waals surface area contributed by atoms with Gasteiger partial charge in [0.2, 0.25) is 17.7 Å². The molecule has 3 aliphatic heterocycles. The third-order valence-corrected chi connectivity index (χ3v) is 24.1. The van der Waals surface area contributed by atoms with Gasteiger partial charge >= 0.3 is 32.3 Å². The van der Waals surface area contributed by atoms with Crippen LogP contribution >= 0.6 is 50.7 Å². The molecule has 9 rings (SSSR count). The van der Waals surface area contributed by atoms with Gasteiger partial charge in [0.25, 0.3) is 0 Å². The highest BCUT2D eigenvalue weighted by Crippen LogP contribution is 2.48. The van der Waals surface area contributed by atoms with Gasteiger partial charge in [0.05, 0.1) is 75.0 Å². The largest absolute Gasteiger partial charge is 0.493 e. The quantitative estimate of drug-likeness (QED) is 0.0132. The number of hydrogen-bond acceptors (Lipinski definition) is 30. The van der Waals surface area contributed by atoms with Gasteiger partial charge in [0.15, 0.2) is 0 Å². The topological polar surface area (TPSA) is 430 Å². The van der Waals surface area contributed by atoms with Gasteiger partial charge in [-0.15, -0.1) is 35.3 Å². The normalized spacial score (nSPS) is 21.1. The number of aliphatic hydroxyl groups excluding tert-OH is 1. The molecule has 3 aromatic rings. The Kier molecular flexibility index (Phi) is 37.6. The second kappa shape index (κ2) is 45.3. The molecule has 0 bridgehead atoms. The van der Waals surface area contributed by atoms with Crippen molar-refractivity contribution in [2.24, 2.45) is 48.2 Å². The molecule has 3 saturated carbocycles. The predicted molar refractivity (Wildman–Crippen MR) is 442 cm³/mol. The van der Waals surface area contributed by atoms with Crippen LogP contribution in [0.1, 0.15) is 234 Å². The van der Waals surface area contributed by atoms with E-state index in [9.17, 15) is 37.9 Å². The molecular formula is C77H117N9O23P2S3. The highest BCUT2D eigenvalue weighted by molar-refractivity contribution is 8.16. The summed E-state index contributed by atoms with van der Waals surface area (Å²) in [6.45, 7) is 26.7. The fraction of sp³-hybridized carbons (Fsp3) is 0.688. The smallest absolute Gasteiger partial charge is 0.469 e. The van der Waals surface area contributed by atoms with Crippen molar-refractivity contribution < 1.29 is 94.0 Å². The predicted octanol–water partition coefficient (Wildman–Crippen LogP) is 13.1. The SMILES string of the molecule is CCC[C@@H](NC(=O)[C@]1(C)CSC(/C(C)=N/OCCCCO)=N1)c1cc(OCC2CC2)cc(=O)o1.CCC[C@@H](NC(=O)[C@]1(C)CSC(/C(C)=N/OCCCCOP(=O)(O)O)=N1)c1cc(OCC2CC2)cc(=O)o1.CCC[C@@H](NC(=O)[C@]1(C)CSC(/C(C)=N/OCCCCOP(C)(=O)OC(C)(C)C)=N1)c1cc(OCC2CC2)cc(=O)o1. The van der Waals surface area contributed by atoms with Crippen LogP contribution in [0.2, 0.25) is 0 Å². The molecule has 0 radical (unpaired) electrons. The molecule has 636 valence electrons. The van der Waals surface area contributed by atoms with Crippen LogP contribution in [-0.2, 0) is 51.6 Å². The summed E-state index contributed by atoms with van der Waals surface area (Å²) in [5.41, 5.74) is -3.36. The van der Waals surface area contributed by atoms with Gasteiger partial charge in [-0.25, -0.2) is 18.9 Å². The molecule has 1 unspecified atom stereocenters. The molecule has 114 heavy (non-hydrogen) atoms. The van der Waals surface area contributed by atoms with Crippen LogP contribution in [0, 0.1) is 17.8 Å². The first-order valence-electron chi connectivity index (χ1n) is 39.2. The number of rotatable bonds is 47. The third-order valence-electron chi connectivity index (χ3n) is 18.0. The lowest BCUT2D eigenvalue weighted by Gasteiger charge is -2.24. The summed E-state index contributed by atoms with van der Waals surface area (Å²) in [5, 5.41) is 32.1. The minimum atomic E-state index is -4.46. The molecule has 3 fully saturated rings. The van der Waals surface area contributed by atoms with Crippen LogP contribution in [0.15, 0.2) is 94.5 Å². The Morgan fingerprint density at radius 3 is 1.10 bits per heavy atom. The van der Waals surface area contributed by atoms with E-state index < -0.39 is 72.6 Å². The second-order valence-corrected chi connectivity index (χ2v) is 36.8. The van der Waals surface area contributed by atoms with Crippen molar-refractivity contribution in [3.8, 4) is 17.2 Å². The van der Waals surface area contributed by atoms with Crippen molar-refractivity contribution in [3.63, 3.8) is 0 Å². The summed E-state index contributed by atoms with van der Waals surface area (Å²) in [4.78, 5) is 124. The van der Waals surface area contributed by atoms with E-state index in [1.54, 1.807) is 59.7 Å². The fourth-order valence-electron chi connectivity index (χ4n) is 11.0. The molecule has 3 amide bonds. The standard InChI is InChI=1S/C29H46N3O8PS.C24H36N3O9PS.C24H35N3O6S/c1-8-11-23(24-16-22(17-25(33)39-24)36-18-21-12-13-21)30-27(34)29(6)19-42-26(31-29)20(2)32-37-14-9-10-15-38-41(7,35)40-28(3,4)5;1-4-7-19(20-12-18(13-21(28)36-20)33-14-17-8-9-17)25-23(29)24(3)15-38-22(26-24)16(2)27-34-10-5-6-11-35-37(30,31)32;1-4-7-19(20-12-18(13-21(29)33-20)31-14-17-8-9-17)25-23(30)24(3)15-34-22(26-24)16(2)27-32-11-6-5-10-28/h16-17,21,23H,8-15,18-19H2,1-7H3,(H,30,34);12-13,17,19H,4-11,14-15H2,1-3H3,(H,25,29)(H2,30,31,32);12-13,17,19,28H,4-11,14-15H2,1-3H3,(H,25,30)/b32-20+;2*27-16+/t23-,29+,41?;2*19-,24+/m111/s1. The summed E-state index contributed by atoms with van der Waals surface area (Å²) in [7, 11) is -7.56. The third kappa shape index (κ3) is 33.8. The van der Waals surface area contributed by atoms with E-state index in [-0.39, 0.29) is 37.5 Å². The molecule has 3 aromatic heterocycles. The van der Waals surface area contributed by atoms with E-state index in [2.05, 4.69) is 50.9 Å². The number of nitrogens with zero attached hydrogens (tertiary/aromatic N) is 6. The van der Waals surface area contributed by atoms with Crippen LogP contribution in [0.4, 0.5) is 0 Å². The maximum absolute atomic E-state index is 13.4. The lowest BCUT2D eigenvalue weighted by molar-refractivity contribution is -0.126. The Morgan fingerprint density at radius 2 is 0.816 bits per heavy atom. The number of unbranched alkanes of at least 4 members (excludes halogenated alkanes) is 3. The van der Waals surface area contributed by atoms with Crippen LogP contribution in [0.25, 0.3) is 0 Å². The molecule has 0 saturated heterocycles. The number of hydrogen-bond donors (Lipinski definition) is 6. The van der Waals surface area contributed by atoms with Crippen molar-refractivity contribution in [2.45, 2.75) is 239 Å². The average molecular weight is 1690 g/mol. The summed E-state index contributed by atoms with van der Waals surface area (Å²) in [5.74, 6) is 4.70. The number of phosphoric acid groups is 1. The van der Waals surface area contributed by atoms with Crippen molar-refractivity contribution in [1.29, 1.82) is 0 Å². The zero-order valence-corrected chi connectivity index (χ0v) is 72.2. The number of thioether (sulfide) groups is 3. The molecule has 37 heteroatoms. The lowest BCUT2D eigenvalue weighted by atomic mass is 10.0. The molecule has 6 heterocycles. The maximum atomic E-state index is 13.4. The van der Waals surface area contributed by atoms with E-state index in [1.165, 1.54) is 60.1 Å².